The quantitative estimate of drug-likeness (QED) is 0.318. The second kappa shape index (κ2) is 11.1. The second-order valence-corrected chi connectivity index (χ2v) is 10.7. The minimum Gasteiger partial charge on any atom is -0.336 e. The third-order valence-corrected chi connectivity index (χ3v) is 7.83. The van der Waals surface area contributed by atoms with E-state index in [1.807, 2.05) is 0 Å². The lowest BCUT2D eigenvalue weighted by molar-refractivity contribution is -0.141. The molecule has 2 aliphatic rings. The molecular formula is C26H32F3N3OS. The standard InChI is InChI=1S/C26H32F3N3OS/c1-18(24(33)32(20-13-7-3-8-14-20)21-15-9-4-10-16-21)34-25-30-22(19-11-5-2-6-12-19)17-23(31-25)26(27,28)29/h2,5-6,11-12,17-18,20-21H,3-4,7-10,13-16H2,1H3. The number of hydrogen-bond acceptors (Lipinski definition) is 4. The van der Waals surface area contributed by atoms with Crippen LogP contribution in [0.1, 0.15) is 76.8 Å². The van der Waals surface area contributed by atoms with Crippen LogP contribution in [-0.4, -0.2) is 38.1 Å². The number of aromatic nitrogens is 2. The Kier molecular flexibility index (Phi) is 8.17. The molecule has 0 saturated heterocycles. The van der Waals surface area contributed by atoms with E-state index in [0.29, 0.717) is 5.56 Å². The van der Waals surface area contributed by atoms with Crippen molar-refractivity contribution in [3.63, 3.8) is 0 Å². The number of thioether (sulfide) groups is 1. The molecule has 1 aromatic heterocycles. The number of halogens is 3. The van der Waals surface area contributed by atoms with Crippen molar-refractivity contribution in [1.29, 1.82) is 0 Å². The predicted octanol–water partition coefficient (Wildman–Crippen LogP) is 7.14. The van der Waals surface area contributed by atoms with Crippen LogP contribution >= 0.6 is 11.8 Å². The number of carbonyl (C=O) groups is 1. The molecule has 2 aromatic rings. The van der Waals surface area contributed by atoms with Crippen LogP contribution in [0.3, 0.4) is 0 Å². The molecule has 0 aliphatic heterocycles. The minimum atomic E-state index is -4.59. The van der Waals surface area contributed by atoms with Gasteiger partial charge in [-0.2, -0.15) is 13.2 Å². The van der Waals surface area contributed by atoms with Crippen LogP contribution < -0.4 is 0 Å². The van der Waals surface area contributed by atoms with Gasteiger partial charge in [0.15, 0.2) is 5.16 Å². The highest BCUT2D eigenvalue weighted by molar-refractivity contribution is 8.00. The number of nitrogens with zero attached hydrogens (tertiary/aromatic N) is 3. The highest BCUT2D eigenvalue weighted by Gasteiger charge is 2.37. The molecule has 4 rings (SSSR count). The summed E-state index contributed by atoms with van der Waals surface area (Å²) in [5.41, 5.74) is -0.191. The van der Waals surface area contributed by atoms with Crippen LogP contribution in [0.25, 0.3) is 11.3 Å². The summed E-state index contributed by atoms with van der Waals surface area (Å²) in [5, 5.41) is -0.572. The number of amides is 1. The molecule has 8 heteroatoms. The summed E-state index contributed by atoms with van der Waals surface area (Å²) < 4.78 is 40.8. The number of alkyl halides is 3. The fourth-order valence-electron chi connectivity index (χ4n) is 5.17. The van der Waals surface area contributed by atoms with Crippen LogP contribution in [0.2, 0.25) is 0 Å². The third-order valence-electron chi connectivity index (χ3n) is 6.89. The van der Waals surface area contributed by atoms with E-state index in [9.17, 15) is 18.0 Å². The Hall–Kier alpha value is -2.09. The van der Waals surface area contributed by atoms with Crippen molar-refractivity contribution >= 4 is 17.7 Å². The SMILES string of the molecule is CC(Sc1nc(-c2ccccc2)cc(C(F)(F)F)n1)C(=O)N(C1CCCCC1)C1CCCCC1. The predicted molar refractivity (Wildman–Crippen MR) is 128 cm³/mol. The van der Waals surface area contributed by atoms with Crippen molar-refractivity contribution in [2.24, 2.45) is 0 Å². The van der Waals surface area contributed by atoms with Gasteiger partial charge >= 0.3 is 6.18 Å². The fraction of sp³-hybridized carbons (Fsp3) is 0.577. The maximum atomic E-state index is 13.7. The zero-order valence-corrected chi connectivity index (χ0v) is 20.4. The molecule has 1 heterocycles. The molecule has 2 saturated carbocycles. The number of hydrogen-bond donors (Lipinski definition) is 0. The maximum Gasteiger partial charge on any atom is 0.433 e. The highest BCUT2D eigenvalue weighted by Crippen LogP contribution is 2.35. The van der Waals surface area contributed by atoms with Gasteiger partial charge in [0.05, 0.1) is 10.9 Å². The molecule has 1 unspecified atom stereocenters. The Morgan fingerprint density at radius 3 is 2.03 bits per heavy atom. The van der Waals surface area contributed by atoms with Crippen LogP contribution in [0.5, 0.6) is 0 Å². The summed E-state index contributed by atoms with van der Waals surface area (Å²) in [7, 11) is 0. The summed E-state index contributed by atoms with van der Waals surface area (Å²) in [4.78, 5) is 24.0. The fourth-order valence-corrected chi connectivity index (χ4v) is 6.02. The smallest absolute Gasteiger partial charge is 0.336 e. The first-order chi connectivity index (χ1) is 16.3. The van der Waals surface area contributed by atoms with E-state index in [1.165, 1.54) is 12.8 Å². The van der Waals surface area contributed by atoms with E-state index >= 15 is 0 Å². The molecule has 4 nitrogen and oxygen atoms in total. The van der Waals surface area contributed by atoms with Gasteiger partial charge in [0.2, 0.25) is 5.91 Å². The summed E-state index contributed by atoms with van der Waals surface area (Å²) >= 11 is 1.03. The third kappa shape index (κ3) is 6.12. The molecule has 34 heavy (non-hydrogen) atoms. The van der Waals surface area contributed by atoms with Gasteiger partial charge in [0.1, 0.15) is 5.69 Å². The van der Waals surface area contributed by atoms with E-state index in [2.05, 4.69) is 14.9 Å². The number of carbonyl (C=O) groups excluding carboxylic acids is 1. The van der Waals surface area contributed by atoms with Crippen molar-refractivity contribution in [3.8, 4) is 11.3 Å². The van der Waals surface area contributed by atoms with Crippen molar-refractivity contribution in [2.45, 2.75) is 99.8 Å². The molecular weight excluding hydrogens is 459 g/mol. The molecule has 2 aliphatic carbocycles. The summed E-state index contributed by atoms with van der Waals surface area (Å²) in [6.07, 6.45) is 6.36. The number of benzene rings is 1. The Morgan fingerprint density at radius 2 is 1.50 bits per heavy atom. The van der Waals surface area contributed by atoms with Gasteiger partial charge in [0, 0.05) is 17.6 Å². The first-order valence-electron chi connectivity index (χ1n) is 12.3. The molecule has 184 valence electrons. The largest absolute Gasteiger partial charge is 0.433 e. The van der Waals surface area contributed by atoms with Crippen LogP contribution in [0, 0.1) is 0 Å². The molecule has 0 N–H and O–H groups in total. The molecule has 0 bridgehead atoms. The van der Waals surface area contributed by atoms with Crippen LogP contribution in [0.4, 0.5) is 13.2 Å². The molecule has 1 aromatic carbocycles. The lowest BCUT2D eigenvalue weighted by Crippen LogP contribution is -2.51. The Balaban J connectivity index is 1.59. The van der Waals surface area contributed by atoms with Crippen LogP contribution in [-0.2, 0) is 11.0 Å². The van der Waals surface area contributed by atoms with E-state index in [1.54, 1.807) is 37.3 Å². The maximum absolute atomic E-state index is 13.7. The minimum absolute atomic E-state index is 0.00562. The van der Waals surface area contributed by atoms with Crippen molar-refractivity contribution in [3.05, 3.63) is 42.1 Å². The van der Waals surface area contributed by atoms with Crippen LogP contribution in [0.15, 0.2) is 41.6 Å². The molecule has 2 fully saturated rings. The van der Waals surface area contributed by atoms with E-state index in [4.69, 9.17) is 0 Å². The average Bonchev–Trinajstić information content (AvgIpc) is 2.85. The van der Waals surface area contributed by atoms with Crippen molar-refractivity contribution < 1.29 is 18.0 Å². The van der Waals surface area contributed by atoms with Gasteiger partial charge in [-0.1, -0.05) is 80.6 Å². The topological polar surface area (TPSA) is 46.1 Å². The van der Waals surface area contributed by atoms with Crippen molar-refractivity contribution in [1.82, 2.24) is 14.9 Å². The van der Waals surface area contributed by atoms with Gasteiger partial charge in [-0.05, 0) is 38.7 Å². The highest BCUT2D eigenvalue weighted by atomic mass is 32.2. The molecule has 1 atom stereocenters. The zero-order valence-electron chi connectivity index (χ0n) is 19.6. The van der Waals surface area contributed by atoms with Gasteiger partial charge < -0.3 is 4.90 Å². The first kappa shape index (κ1) is 25.0. The van der Waals surface area contributed by atoms with Gasteiger partial charge in [-0.3, -0.25) is 4.79 Å². The van der Waals surface area contributed by atoms with E-state index in [0.717, 1.165) is 69.2 Å². The van der Waals surface area contributed by atoms with E-state index < -0.39 is 17.1 Å². The van der Waals surface area contributed by atoms with E-state index in [-0.39, 0.29) is 28.8 Å². The Bertz CT molecular complexity index is 940. The Labute approximate surface area is 203 Å². The van der Waals surface area contributed by atoms with Gasteiger partial charge in [-0.15, -0.1) is 0 Å². The number of rotatable bonds is 6. The monoisotopic (exact) mass is 491 g/mol. The van der Waals surface area contributed by atoms with Gasteiger partial charge in [0.25, 0.3) is 0 Å². The van der Waals surface area contributed by atoms with Gasteiger partial charge in [-0.25, -0.2) is 9.97 Å². The Morgan fingerprint density at radius 1 is 0.941 bits per heavy atom. The average molecular weight is 492 g/mol. The zero-order chi connectivity index (χ0) is 24.1. The summed E-state index contributed by atoms with van der Waals surface area (Å²) in [6.45, 7) is 1.78. The normalized spacial score (nSPS) is 19.1. The first-order valence-corrected chi connectivity index (χ1v) is 13.2. The molecule has 1 amide bonds. The van der Waals surface area contributed by atoms with Crippen molar-refractivity contribution in [2.75, 3.05) is 0 Å². The summed E-state index contributed by atoms with van der Waals surface area (Å²) in [6, 6.07) is 10.2. The summed E-state index contributed by atoms with van der Waals surface area (Å²) in [5.74, 6) is 0.00562. The lowest BCUT2D eigenvalue weighted by atomic mass is 9.88. The lowest BCUT2D eigenvalue weighted by Gasteiger charge is -2.42. The molecule has 0 spiro atoms. The molecule has 0 radical (unpaired) electrons. The second-order valence-electron chi connectivity index (χ2n) is 9.37.